The quantitative estimate of drug-likeness (QED) is 0.775. The molecule has 0 saturated heterocycles. The van der Waals surface area contributed by atoms with E-state index in [0.29, 0.717) is 11.4 Å². The second kappa shape index (κ2) is 6.14. The highest BCUT2D eigenvalue weighted by molar-refractivity contribution is 7.89. The fraction of sp³-hybridized carbons (Fsp3) is 0.600. The Morgan fingerprint density at radius 1 is 1.15 bits per heavy atom. The molecule has 0 spiro atoms. The van der Waals surface area contributed by atoms with Gasteiger partial charge in [0.1, 0.15) is 0 Å². The fourth-order valence-corrected chi connectivity index (χ4v) is 3.67. The van der Waals surface area contributed by atoms with Gasteiger partial charge in [0.15, 0.2) is 0 Å². The lowest BCUT2D eigenvalue weighted by Gasteiger charge is -2.15. The molecule has 2 N–H and O–H groups in total. The molecule has 20 heavy (non-hydrogen) atoms. The molecule has 0 aromatic heterocycles. The highest BCUT2D eigenvalue weighted by Gasteiger charge is 2.42. The maximum absolute atomic E-state index is 12.2. The number of anilines is 1. The van der Waals surface area contributed by atoms with Crippen LogP contribution in [0.5, 0.6) is 0 Å². The van der Waals surface area contributed by atoms with Gasteiger partial charge in [-0.1, -0.05) is 13.3 Å². The average Bonchev–Trinajstić information content (AvgIpc) is 3.19. The van der Waals surface area contributed by atoms with Crippen LogP contribution in [0.15, 0.2) is 29.2 Å². The van der Waals surface area contributed by atoms with Gasteiger partial charge in [-0.05, 0) is 55.9 Å². The van der Waals surface area contributed by atoms with E-state index >= 15 is 0 Å². The first-order valence-electron chi connectivity index (χ1n) is 7.35. The molecule has 5 heteroatoms. The number of nitrogens with one attached hydrogen (secondary N) is 2. The second-order valence-corrected chi connectivity index (χ2v) is 7.40. The smallest absolute Gasteiger partial charge is 0.240 e. The third kappa shape index (κ3) is 3.73. The van der Waals surface area contributed by atoms with E-state index in [1.54, 1.807) is 24.3 Å². The average molecular weight is 296 g/mol. The summed E-state index contributed by atoms with van der Waals surface area (Å²) in [7, 11) is -3.38. The first-order valence-corrected chi connectivity index (χ1v) is 8.83. The lowest BCUT2D eigenvalue weighted by Crippen LogP contribution is -2.30. The predicted molar refractivity (Wildman–Crippen MR) is 82.4 cm³/mol. The van der Waals surface area contributed by atoms with Crippen molar-refractivity contribution < 1.29 is 8.42 Å². The van der Waals surface area contributed by atoms with Gasteiger partial charge in [0.05, 0.1) is 4.90 Å². The van der Waals surface area contributed by atoms with Gasteiger partial charge >= 0.3 is 0 Å². The van der Waals surface area contributed by atoms with Crippen LogP contribution in [-0.4, -0.2) is 21.5 Å². The summed E-state index contributed by atoms with van der Waals surface area (Å²) in [5.41, 5.74) is 1.17. The van der Waals surface area contributed by atoms with Crippen molar-refractivity contribution in [2.24, 2.45) is 5.41 Å². The Morgan fingerprint density at radius 2 is 1.80 bits per heavy atom. The van der Waals surface area contributed by atoms with Crippen LogP contribution in [0.1, 0.15) is 39.5 Å². The van der Waals surface area contributed by atoms with Crippen molar-refractivity contribution in [3.63, 3.8) is 0 Å². The molecule has 0 bridgehead atoms. The summed E-state index contributed by atoms with van der Waals surface area (Å²) in [6, 6.07) is 6.91. The molecule has 1 aliphatic carbocycles. The minimum Gasteiger partial charge on any atom is -0.385 e. The van der Waals surface area contributed by atoms with Gasteiger partial charge < -0.3 is 5.32 Å². The van der Waals surface area contributed by atoms with E-state index in [1.807, 2.05) is 6.92 Å². The Bertz CT molecular complexity index is 533. The number of rotatable bonds is 8. The zero-order chi connectivity index (χ0) is 14.6. The Hall–Kier alpha value is -1.07. The summed E-state index contributed by atoms with van der Waals surface area (Å²) < 4.78 is 27.3. The Labute approximate surface area is 122 Å². The minimum atomic E-state index is -3.38. The van der Waals surface area contributed by atoms with Crippen molar-refractivity contribution in [3.05, 3.63) is 24.3 Å². The molecule has 0 unspecified atom stereocenters. The van der Waals surface area contributed by atoms with Gasteiger partial charge in [-0.15, -0.1) is 0 Å². The lowest BCUT2D eigenvalue weighted by atomic mass is 10.0. The number of hydrogen-bond acceptors (Lipinski definition) is 3. The van der Waals surface area contributed by atoms with Crippen LogP contribution in [0.3, 0.4) is 0 Å². The first kappa shape index (κ1) is 15.3. The van der Waals surface area contributed by atoms with Crippen LogP contribution in [0.25, 0.3) is 0 Å². The van der Waals surface area contributed by atoms with Gasteiger partial charge in [0.25, 0.3) is 0 Å². The van der Waals surface area contributed by atoms with Crippen LogP contribution in [-0.2, 0) is 10.0 Å². The monoisotopic (exact) mass is 296 g/mol. The standard InChI is InChI=1S/C15H24N2O2S/c1-3-9-15(10-11-15)12-17-20(18,19)14-7-5-13(6-8-14)16-4-2/h5-8,16-17H,3-4,9-12H2,1-2H3. The highest BCUT2D eigenvalue weighted by atomic mass is 32.2. The number of sulfonamides is 1. The fourth-order valence-electron chi connectivity index (χ4n) is 2.51. The van der Waals surface area contributed by atoms with Gasteiger partial charge in [-0.25, -0.2) is 13.1 Å². The number of benzene rings is 1. The Kier molecular flexibility index (Phi) is 4.70. The predicted octanol–water partition coefficient (Wildman–Crippen LogP) is 2.98. The van der Waals surface area contributed by atoms with Crippen LogP contribution in [0.2, 0.25) is 0 Å². The molecule has 0 aliphatic heterocycles. The van der Waals surface area contributed by atoms with Crippen molar-refractivity contribution in [1.29, 1.82) is 0 Å². The topological polar surface area (TPSA) is 58.2 Å². The molecule has 0 atom stereocenters. The molecule has 4 nitrogen and oxygen atoms in total. The van der Waals surface area contributed by atoms with E-state index in [2.05, 4.69) is 17.0 Å². The van der Waals surface area contributed by atoms with Crippen molar-refractivity contribution in [3.8, 4) is 0 Å². The third-order valence-corrected chi connectivity index (χ3v) is 5.34. The zero-order valence-corrected chi connectivity index (χ0v) is 13.1. The summed E-state index contributed by atoms with van der Waals surface area (Å²) in [5.74, 6) is 0. The molecular formula is C15H24N2O2S. The maximum Gasteiger partial charge on any atom is 0.240 e. The molecule has 1 aliphatic rings. The normalized spacial score (nSPS) is 16.9. The summed E-state index contributed by atoms with van der Waals surface area (Å²) in [6.07, 6.45) is 4.50. The Balaban J connectivity index is 1.99. The molecular weight excluding hydrogens is 272 g/mol. The molecule has 1 saturated carbocycles. The largest absolute Gasteiger partial charge is 0.385 e. The molecule has 1 aromatic rings. The van der Waals surface area contributed by atoms with E-state index in [0.717, 1.165) is 37.9 Å². The summed E-state index contributed by atoms with van der Waals surface area (Å²) in [6.45, 7) is 5.55. The molecule has 1 fully saturated rings. The number of hydrogen-bond donors (Lipinski definition) is 2. The van der Waals surface area contributed by atoms with Crippen molar-refractivity contribution in [2.45, 2.75) is 44.4 Å². The SMILES string of the molecule is CCCC1(CNS(=O)(=O)c2ccc(NCC)cc2)CC1. The minimum absolute atomic E-state index is 0.228. The Morgan fingerprint density at radius 3 is 2.30 bits per heavy atom. The van der Waals surface area contributed by atoms with Gasteiger partial charge in [0.2, 0.25) is 10.0 Å². The zero-order valence-electron chi connectivity index (χ0n) is 12.3. The van der Waals surface area contributed by atoms with Crippen molar-refractivity contribution >= 4 is 15.7 Å². The summed E-state index contributed by atoms with van der Waals surface area (Å²) in [4.78, 5) is 0.339. The van der Waals surface area contributed by atoms with Crippen LogP contribution in [0, 0.1) is 5.41 Å². The third-order valence-electron chi connectivity index (χ3n) is 3.92. The van der Waals surface area contributed by atoms with Crippen LogP contribution < -0.4 is 10.0 Å². The summed E-state index contributed by atoms with van der Waals surface area (Å²) >= 11 is 0. The first-order chi connectivity index (χ1) is 9.51. The lowest BCUT2D eigenvalue weighted by molar-refractivity contribution is 0.449. The molecule has 2 rings (SSSR count). The highest BCUT2D eigenvalue weighted by Crippen LogP contribution is 2.49. The second-order valence-electron chi connectivity index (χ2n) is 5.63. The van der Waals surface area contributed by atoms with Gasteiger partial charge in [-0.2, -0.15) is 0 Å². The molecule has 0 amide bonds. The van der Waals surface area contributed by atoms with Gasteiger partial charge in [-0.3, -0.25) is 0 Å². The van der Waals surface area contributed by atoms with Crippen molar-refractivity contribution in [1.82, 2.24) is 4.72 Å². The maximum atomic E-state index is 12.2. The van der Waals surface area contributed by atoms with E-state index in [4.69, 9.17) is 0 Å². The van der Waals surface area contributed by atoms with Crippen molar-refractivity contribution in [2.75, 3.05) is 18.4 Å². The van der Waals surface area contributed by atoms with E-state index in [1.165, 1.54) is 0 Å². The van der Waals surface area contributed by atoms with E-state index in [-0.39, 0.29) is 5.41 Å². The molecule has 112 valence electrons. The van der Waals surface area contributed by atoms with E-state index in [9.17, 15) is 8.42 Å². The summed E-state index contributed by atoms with van der Waals surface area (Å²) in [5, 5.41) is 3.15. The van der Waals surface area contributed by atoms with Crippen LogP contribution >= 0.6 is 0 Å². The van der Waals surface area contributed by atoms with Gasteiger partial charge in [0, 0.05) is 18.8 Å². The van der Waals surface area contributed by atoms with E-state index < -0.39 is 10.0 Å². The molecule has 0 heterocycles. The molecule has 0 radical (unpaired) electrons. The van der Waals surface area contributed by atoms with Crippen LogP contribution in [0.4, 0.5) is 5.69 Å². The molecule has 1 aromatic carbocycles.